The molecule has 5 nitrogen and oxygen atoms in total. The molecule has 0 aliphatic rings. The fraction of sp³-hybridized carbons (Fsp3) is 0.786. The van der Waals surface area contributed by atoms with E-state index in [0.717, 1.165) is 37.9 Å². The van der Waals surface area contributed by atoms with E-state index >= 15 is 0 Å². The van der Waals surface area contributed by atoms with Gasteiger partial charge in [-0.05, 0) is 46.0 Å². The summed E-state index contributed by atoms with van der Waals surface area (Å²) in [7, 11) is 4.16. The number of nitrogens with zero attached hydrogens (tertiary/aromatic N) is 3. The van der Waals surface area contributed by atoms with Crippen LogP contribution in [0.3, 0.4) is 0 Å². The standard InChI is InChI=1S/C14H29N5/c1-5-14(6-2)19-10-8-13(17-19)11-12(16-15)7-9-18(3)4/h8,10,12,14,16H,5-7,9,11,15H2,1-4H3. The second kappa shape index (κ2) is 8.30. The monoisotopic (exact) mass is 267 g/mol. The number of hydrogen-bond acceptors (Lipinski definition) is 4. The Morgan fingerprint density at radius 2 is 2.05 bits per heavy atom. The zero-order valence-electron chi connectivity index (χ0n) is 12.8. The molecule has 1 heterocycles. The molecule has 0 aromatic carbocycles. The van der Waals surface area contributed by atoms with E-state index in [1.165, 1.54) is 0 Å². The summed E-state index contributed by atoms with van der Waals surface area (Å²) in [4.78, 5) is 2.17. The Morgan fingerprint density at radius 3 is 2.58 bits per heavy atom. The summed E-state index contributed by atoms with van der Waals surface area (Å²) < 4.78 is 2.09. The number of rotatable bonds is 9. The molecule has 1 aromatic rings. The Balaban J connectivity index is 2.55. The number of aromatic nitrogens is 2. The molecule has 0 fully saturated rings. The van der Waals surface area contributed by atoms with E-state index in [1.54, 1.807) is 0 Å². The maximum Gasteiger partial charge on any atom is 0.0640 e. The van der Waals surface area contributed by atoms with Crippen LogP contribution in [-0.4, -0.2) is 41.4 Å². The highest BCUT2D eigenvalue weighted by Crippen LogP contribution is 2.15. The minimum atomic E-state index is 0.285. The summed E-state index contributed by atoms with van der Waals surface area (Å²) in [5, 5.41) is 4.67. The van der Waals surface area contributed by atoms with Gasteiger partial charge in [0.05, 0.1) is 11.7 Å². The zero-order chi connectivity index (χ0) is 14.3. The second-order valence-corrected chi connectivity index (χ2v) is 5.42. The molecule has 1 rings (SSSR count). The Morgan fingerprint density at radius 1 is 1.37 bits per heavy atom. The van der Waals surface area contributed by atoms with E-state index in [-0.39, 0.29) is 6.04 Å². The van der Waals surface area contributed by atoms with Crippen LogP contribution in [0.5, 0.6) is 0 Å². The molecular weight excluding hydrogens is 238 g/mol. The largest absolute Gasteiger partial charge is 0.309 e. The van der Waals surface area contributed by atoms with Crippen molar-refractivity contribution in [2.45, 2.75) is 51.6 Å². The molecule has 1 atom stereocenters. The van der Waals surface area contributed by atoms with Crippen molar-refractivity contribution < 1.29 is 0 Å². The summed E-state index contributed by atoms with van der Waals surface area (Å²) in [6, 6.07) is 2.91. The molecule has 0 amide bonds. The van der Waals surface area contributed by atoms with E-state index in [1.807, 2.05) is 0 Å². The van der Waals surface area contributed by atoms with E-state index < -0.39 is 0 Å². The molecule has 5 heteroatoms. The van der Waals surface area contributed by atoms with Crippen molar-refractivity contribution in [2.24, 2.45) is 5.84 Å². The van der Waals surface area contributed by atoms with Crippen LogP contribution in [-0.2, 0) is 6.42 Å². The lowest BCUT2D eigenvalue weighted by atomic mass is 10.1. The fourth-order valence-corrected chi connectivity index (χ4v) is 2.26. The van der Waals surface area contributed by atoms with Gasteiger partial charge in [-0.25, -0.2) is 0 Å². The lowest BCUT2D eigenvalue weighted by molar-refractivity contribution is 0.355. The highest BCUT2D eigenvalue weighted by atomic mass is 15.3. The highest BCUT2D eigenvalue weighted by Gasteiger charge is 2.12. The van der Waals surface area contributed by atoms with Gasteiger partial charge in [-0.3, -0.25) is 16.0 Å². The minimum absolute atomic E-state index is 0.285. The molecule has 0 aliphatic carbocycles. The Hall–Kier alpha value is -0.910. The van der Waals surface area contributed by atoms with Crippen LogP contribution in [0.15, 0.2) is 12.3 Å². The number of nitrogens with two attached hydrogens (primary N) is 1. The first kappa shape index (κ1) is 16.1. The quantitative estimate of drug-likeness (QED) is 0.527. The van der Waals surface area contributed by atoms with Gasteiger partial charge >= 0.3 is 0 Å². The number of hydrazine groups is 1. The van der Waals surface area contributed by atoms with Crippen LogP contribution in [0.25, 0.3) is 0 Å². The first-order valence-electron chi connectivity index (χ1n) is 7.25. The lowest BCUT2D eigenvalue weighted by Gasteiger charge is -2.17. The normalized spacial score (nSPS) is 13.4. The average molecular weight is 267 g/mol. The number of hydrogen-bond donors (Lipinski definition) is 2. The van der Waals surface area contributed by atoms with Crippen LogP contribution < -0.4 is 11.3 Å². The van der Waals surface area contributed by atoms with Gasteiger partial charge in [0.15, 0.2) is 0 Å². The summed E-state index contributed by atoms with van der Waals surface area (Å²) in [6.07, 6.45) is 6.25. The zero-order valence-corrected chi connectivity index (χ0v) is 12.8. The maximum atomic E-state index is 5.62. The molecule has 0 saturated carbocycles. The van der Waals surface area contributed by atoms with Gasteiger partial charge in [0.1, 0.15) is 0 Å². The van der Waals surface area contributed by atoms with Gasteiger partial charge in [0.25, 0.3) is 0 Å². The maximum absolute atomic E-state index is 5.62. The predicted octanol–water partition coefficient (Wildman–Crippen LogP) is 1.57. The van der Waals surface area contributed by atoms with E-state index in [0.29, 0.717) is 6.04 Å². The van der Waals surface area contributed by atoms with Gasteiger partial charge in [-0.1, -0.05) is 13.8 Å². The minimum Gasteiger partial charge on any atom is -0.309 e. The summed E-state index contributed by atoms with van der Waals surface area (Å²) in [5.41, 5.74) is 4.02. The average Bonchev–Trinajstić information content (AvgIpc) is 2.84. The SMILES string of the molecule is CCC(CC)n1ccc(CC(CCN(C)C)NN)n1. The third-order valence-electron chi connectivity index (χ3n) is 3.60. The summed E-state index contributed by atoms with van der Waals surface area (Å²) >= 11 is 0. The van der Waals surface area contributed by atoms with E-state index in [4.69, 9.17) is 5.84 Å². The third kappa shape index (κ3) is 5.30. The van der Waals surface area contributed by atoms with Crippen LogP contribution in [0, 0.1) is 0 Å². The molecule has 0 bridgehead atoms. The van der Waals surface area contributed by atoms with Crippen molar-refractivity contribution in [3.8, 4) is 0 Å². The third-order valence-corrected chi connectivity index (χ3v) is 3.60. The molecule has 1 unspecified atom stereocenters. The second-order valence-electron chi connectivity index (χ2n) is 5.42. The van der Waals surface area contributed by atoms with Crippen molar-refractivity contribution in [1.82, 2.24) is 20.1 Å². The smallest absolute Gasteiger partial charge is 0.0640 e. The first-order valence-corrected chi connectivity index (χ1v) is 7.25. The molecule has 0 spiro atoms. The Kier molecular flexibility index (Phi) is 7.05. The first-order chi connectivity index (χ1) is 9.10. The summed E-state index contributed by atoms with van der Waals surface area (Å²) in [5.74, 6) is 5.62. The van der Waals surface area contributed by atoms with Crippen LogP contribution in [0.1, 0.15) is 44.8 Å². The van der Waals surface area contributed by atoms with Gasteiger partial charge in [0, 0.05) is 18.7 Å². The molecule has 0 aliphatic heterocycles. The molecule has 3 N–H and O–H groups in total. The van der Waals surface area contributed by atoms with Crippen LogP contribution in [0.4, 0.5) is 0 Å². The molecule has 1 aromatic heterocycles. The molecule has 0 radical (unpaired) electrons. The fourth-order valence-electron chi connectivity index (χ4n) is 2.26. The molecule has 110 valence electrons. The predicted molar refractivity (Wildman–Crippen MR) is 79.8 cm³/mol. The van der Waals surface area contributed by atoms with Gasteiger partial charge in [-0.2, -0.15) is 5.10 Å². The molecule has 19 heavy (non-hydrogen) atoms. The van der Waals surface area contributed by atoms with Crippen molar-refractivity contribution in [1.29, 1.82) is 0 Å². The van der Waals surface area contributed by atoms with E-state index in [9.17, 15) is 0 Å². The van der Waals surface area contributed by atoms with Crippen molar-refractivity contribution in [3.05, 3.63) is 18.0 Å². The highest BCUT2D eigenvalue weighted by molar-refractivity contribution is 5.02. The van der Waals surface area contributed by atoms with Crippen molar-refractivity contribution in [2.75, 3.05) is 20.6 Å². The van der Waals surface area contributed by atoms with Gasteiger partial charge in [0.2, 0.25) is 0 Å². The van der Waals surface area contributed by atoms with Crippen molar-refractivity contribution in [3.63, 3.8) is 0 Å². The Bertz CT molecular complexity index is 343. The van der Waals surface area contributed by atoms with Crippen molar-refractivity contribution >= 4 is 0 Å². The lowest BCUT2D eigenvalue weighted by Crippen LogP contribution is -2.39. The van der Waals surface area contributed by atoms with Crippen LogP contribution in [0.2, 0.25) is 0 Å². The van der Waals surface area contributed by atoms with Crippen LogP contribution >= 0.6 is 0 Å². The topological polar surface area (TPSA) is 59.1 Å². The molecule has 0 saturated heterocycles. The molecular formula is C14H29N5. The Labute approximate surface area is 117 Å². The van der Waals surface area contributed by atoms with Gasteiger partial charge < -0.3 is 4.90 Å². The number of nitrogens with one attached hydrogen (secondary N) is 1. The summed E-state index contributed by atoms with van der Waals surface area (Å²) in [6.45, 7) is 5.44. The van der Waals surface area contributed by atoms with E-state index in [2.05, 4.69) is 60.3 Å². The van der Waals surface area contributed by atoms with Gasteiger partial charge in [-0.15, -0.1) is 0 Å².